The lowest BCUT2D eigenvalue weighted by Crippen LogP contribution is -2.19. The predicted octanol–water partition coefficient (Wildman–Crippen LogP) is 2.51. The molecule has 0 amide bonds. The average molecular weight is 465 g/mol. The van der Waals surface area contributed by atoms with E-state index in [1.54, 1.807) is 0 Å². The number of nitrogens with one attached hydrogen (secondary N) is 2. The molecule has 2 aliphatic rings. The van der Waals surface area contributed by atoms with Gasteiger partial charge in [0.2, 0.25) is 0 Å². The molecule has 9 heteroatoms. The van der Waals surface area contributed by atoms with Gasteiger partial charge >= 0.3 is 0 Å². The van der Waals surface area contributed by atoms with Gasteiger partial charge in [0, 0.05) is 35.3 Å². The van der Waals surface area contributed by atoms with Crippen LogP contribution in [-0.2, 0) is 0 Å². The highest BCUT2D eigenvalue weighted by molar-refractivity contribution is 6.00. The lowest BCUT2D eigenvalue weighted by molar-refractivity contribution is 0.597. The Hall–Kier alpha value is -2.84. The van der Waals surface area contributed by atoms with Crippen LogP contribution in [0.4, 0.5) is 0 Å². The molecule has 3 aromatic rings. The van der Waals surface area contributed by atoms with Crippen LogP contribution in [0, 0.1) is 0 Å². The number of amidine groups is 2. The summed E-state index contributed by atoms with van der Waals surface area (Å²) in [5.74, 6) is 3.68. The Bertz CT molecular complexity index is 950. The lowest BCUT2D eigenvalue weighted by atomic mass is 10.1. The maximum absolute atomic E-state index is 6.09. The van der Waals surface area contributed by atoms with Crippen LogP contribution in [0.5, 0.6) is 0 Å². The minimum absolute atomic E-state index is 0. The molecule has 31 heavy (non-hydrogen) atoms. The van der Waals surface area contributed by atoms with Crippen molar-refractivity contribution in [3.05, 3.63) is 71.8 Å². The fourth-order valence-electron chi connectivity index (χ4n) is 3.42. The van der Waals surface area contributed by atoms with Crippen LogP contribution in [0.1, 0.15) is 11.1 Å². The Morgan fingerprint density at radius 2 is 0.903 bits per heavy atom. The van der Waals surface area contributed by atoms with Crippen molar-refractivity contribution in [1.29, 1.82) is 0 Å². The van der Waals surface area contributed by atoms with Gasteiger partial charge in [0.15, 0.2) is 0 Å². The highest BCUT2D eigenvalue weighted by Crippen LogP contribution is 2.29. The van der Waals surface area contributed by atoms with Crippen molar-refractivity contribution in [2.75, 3.05) is 26.2 Å². The number of furan rings is 1. The summed E-state index contributed by atoms with van der Waals surface area (Å²) in [7, 11) is 0. The largest absolute Gasteiger partial charge is 0.456 e. The summed E-state index contributed by atoms with van der Waals surface area (Å²) in [4.78, 5) is 8.91. The maximum Gasteiger partial charge on any atom is 0.134 e. The lowest BCUT2D eigenvalue weighted by Gasteiger charge is -2.04. The molecular weight excluding hydrogens is 439 g/mol. The van der Waals surface area contributed by atoms with Gasteiger partial charge < -0.3 is 26.0 Å². The highest BCUT2D eigenvalue weighted by Gasteiger charge is 2.11. The molecule has 0 saturated carbocycles. The van der Waals surface area contributed by atoms with Gasteiger partial charge in [-0.25, -0.2) is 0 Å². The van der Waals surface area contributed by atoms with E-state index in [0.717, 1.165) is 71.6 Å². The van der Waals surface area contributed by atoms with E-state index >= 15 is 0 Å². The minimum atomic E-state index is 0. The Morgan fingerprint density at radius 1 is 0.548 bits per heavy atom. The van der Waals surface area contributed by atoms with Gasteiger partial charge in [0.1, 0.15) is 23.2 Å². The van der Waals surface area contributed by atoms with Crippen LogP contribution < -0.4 is 10.6 Å². The van der Waals surface area contributed by atoms with Gasteiger partial charge in [-0.1, -0.05) is 48.5 Å². The molecule has 0 atom stereocenters. The highest BCUT2D eigenvalue weighted by atomic mass is 35.5. The Labute approximate surface area is 193 Å². The summed E-state index contributed by atoms with van der Waals surface area (Å²) in [6.07, 6.45) is 0. The van der Waals surface area contributed by atoms with Gasteiger partial charge in [-0.2, -0.15) is 0 Å². The molecule has 0 saturated heterocycles. The number of hydrogen-bond acceptors (Lipinski definition) is 5. The molecular formula is C22H26Cl2N4O3. The summed E-state index contributed by atoms with van der Waals surface area (Å²) in [6, 6.07) is 20.7. The van der Waals surface area contributed by atoms with Crippen molar-refractivity contribution < 1.29 is 15.4 Å². The third-order valence-corrected chi connectivity index (χ3v) is 4.84. The third-order valence-electron chi connectivity index (χ3n) is 4.84. The molecule has 0 unspecified atom stereocenters. The number of aliphatic imine (C=N–C) groups is 2. The first-order valence-corrected chi connectivity index (χ1v) is 9.25. The van der Waals surface area contributed by atoms with Crippen LogP contribution in [0.2, 0.25) is 0 Å². The molecule has 166 valence electrons. The summed E-state index contributed by atoms with van der Waals surface area (Å²) in [5.41, 5.74) is 4.35. The van der Waals surface area contributed by atoms with E-state index in [9.17, 15) is 0 Å². The molecule has 6 N–H and O–H groups in total. The molecule has 0 fully saturated rings. The van der Waals surface area contributed by atoms with Crippen molar-refractivity contribution >= 4 is 36.5 Å². The number of rotatable bonds is 4. The normalized spacial score (nSPS) is 13.8. The number of benzene rings is 2. The van der Waals surface area contributed by atoms with Crippen molar-refractivity contribution in [3.8, 4) is 22.6 Å². The molecule has 0 bridgehead atoms. The molecule has 0 radical (unpaired) electrons. The van der Waals surface area contributed by atoms with Gasteiger partial charge in [0.05, 0.1) is 13.1 Å². The van der Waals surface area contributed by atoms with Gasteiger partial charge in [-0.3, -0.25) is 9.98 Å². The molecule has 2 aromatic carbocycles. The second kappa shape index (κ2) is 11.5. The monoisotopic (exact) mass is 464 g/mol. The van der Waals surface area contributed by atoms with E-state index in [1.807, 2.05) is 12.1 Å². The van der Waals surface area contributed by atoms with Crippen molar-refractivity contribution in [2.24, 2.45) is 9.98 Å². The molecule has 5 rings (SSSR count). The Balaban J connectivity index is 0.00000120. The zero-order valence-electron chi connectivity index (χ0n) is 16.7. The van der Waals surface area contributed by atoms with Crippen LogP contribution in [0.25, 0.3) is 22.6 Å². The predicted molar refractivity (Wildman–Crippen MR) is 130 cm³/mol. The SMILES string of the molecule is Cl.Cl.O.O.c1cc(-c2ccc(-c3ccc(C4=NCCN4)cc3)o2)ccc1C1=NCCN1. The van der Waals surface area contributed by atoms with E-state index in [-0.39, 0.29) is 35.8 Å². The summed E-state index contributed by atoms with van der Waals surface area (Å²) in [5, 5.41) is 6.59. The zero-order chi connectivity index (χ0) is 18.1. The van der Waals surface area contributed by atoms with E-state index < -0.39 is 0 Å². The van der Waals surface area contributed by atoms with Crippen molar-refractivity contribution in [3.63, 3.8) is 0 Å². The summed E-state index contributed by atoms with van der Waals surface area (Å²) < 4.78 is 6.09. The standard InChI is InChI=1S/C22H20N4O.2ClH.2H2O/c1-5-17(21-23-11-12-24-21)6-2-15(1)19-9-10-20(27-19)16-3-7-18(8-4-16)22-25-13-14-26-22;;;;/h1-10H,11-14H2,(H,23,24)(H,25,26);2*1H;2*1H2. The zero-order valence-corrected chi connectivity index (χ0v) is 18.4. The van der Waals surface area contributed by atoms with Crippen molar-refractivity contribution in [2.45, 2.75) is 0 Å². The van der Waals surface area contributed by atoms with Crippen molar-refractivity contribution in [1.82, 2.24) is 10.6 Å². The molecule has 2 aliphatic heterocycles. The van der Waals surface area contributed by atoms with E-state index in [2.05, 4.69) is 69.1 Å². The smallest absolute Gasteiger partial charge is 0.134 e. The number of halogens is 2. The quantitative estimate of drug-likeness (QED) is 0.615. The Kier molecular flexibility index (Phi) is 9.74. The van der Waals surface area contributed by atoms with Gasteiger partial charge in [-0.05, 0) is 12.1 Å². The van der Waals surface area contributed by atoms with Crippen LogP contribution in [0.3, 0.4) is 0 Å². The molecule has 1 aromatic heterocycles. The molecule has 0 aliphatic carbocycles. The molecule has 7 nitrogen and oxygen atoms in total. The maximum atomic E-state index is 6.09. The van der Waals surface area contributed by atoms with E-state index in [0.29, 0.717) is 0 Å². The topological polar surface area (TPSA) is 125 Å². The average Bonchev–Trinajstić information content (AvgIpc) is 3.51. The van der Waals surface area contributed by atoms with Crippen LogP contribution in [-0.4, -0.2) is 48.8 Å². The molecule has 3 heterocycles. The van der Waals surface area contributed by atoms with Gasteiger partial charge in [-0.15, -0.1) is 24.8 Å². The third kappa shape index (κ3) is 5.45. The first kappa shape index (κ1) is 26.2. The Morgan fingerprint density at radius 3 is 1.23 bits per heavy atom. The molecule has 0 spiro atoms. The number of nitrogens with zero attached hydrogens (tertiary/aromatic N) is 2. The van der Waals surface area contributed by atoms with Gasteiger partial charge in [0.25, 0.3) is 0 Å². The fraction of sp³-hybridized carbons (Fsp3) is 0.182. The van der Waals surface area contributed by atoms with Crippen LogP contribution in [0.15, 0.2) is 75.1 Å². The van der Waals surface area contributed by atoms with E-state index in [4.69, 9.17) is 4.42 Å². The fourth-order valence-corrected chi connectivity index (χ4v) is 3.42. The summed E-state index contributed by atoms with van der Waals surface area (Å²) >= 11 is 0. The van der Waals surface area contributed by atoms with Crippen LogP contribution >= 0.6 is 24.8 Å². The van der Waals surface area contributed by atoms with E-state index in [1.165, 1.54) is 0 Å². The first-order valence-electron chi connectivity index (χ1n) is 9.25. The number of hydrogen-bond donors (Lipinski definition) is 2. The minimum Gasteiger partial charge on any atom is -0.456 e. The second-order valence-electron chi connectivity index (χ2n) is 6.63. The summed E-state index contributed by atoms with van der Waals surface area (Å²) in [6.45, 7) is 3.53. The first-order chi connectivity index (χ1) is 13.4. The second-order valence-corrected chi connectivity index (χ2v) is 6.63.